The number of benzene rings is 1. The highest BCUT2D eigenvalue weighted by Crippen LogP contribution is 2.29. The SMILES string of the molecule is COc1nc(NS(=O)(=O)c2c[nH]c3c2ccc2cccnc23)ncc1CC(F)F. The van der Waals surface area contributed by atoms with Crippen LogP contribution in [0.15, 0.2) is 47.8 Å². The summed E-state index contributed by atoms with van der Waals surface area (Å²) in [6.45, 7) is 0. The van der Waals surface area contributed by atoms with Gasteiger partial charge in [-0.3, -0.25) is 4.98 Å². The standard InChI is InChI=1S/C18H15F2N5O3S/c1-28-17-11(7-14(19)20)8-23-18(24-17)25-29(26,27)13-9-22-16-12(13)5-4-10-3-2-6-21-15(10)16/h2-6,8-9,14,22H,7H2,1H3,(H,23,24,25). The van der Waals surface area contributed by atoms with Crippen molar-refractivity contribution in [3.8, 4) is 5.88 Å². The molecule has 3 heterocycles. The lowest BCUT2D eigenvalue weighted by molar-refractivity contribution is 0.147. The quantitative estimate of drug-likeness (QED) is 0.497. The molecule has 11 heteroatoms. The Morgan fingerprint density at radius 1 is 1.24 bits per heavy atom. The number of ether oxygens (including phenoxy) is 1. The number of anilines is 1. The molecule has 29 heavy (non-hydrogen) atoms. The van der Waals surface area contributed by atoms with Gasteiger partial charge in [0, 0.05) is 41.3 Å². The molecule has 0 aliphatic heterocycles. The molecule has 4 rings (SSSR count). The molecule has 0 saturated carbocycles. The number of fused-ring (bicyclic) bond motifs is 3. The molecular weight excluding hydrogens is 404 g/mol. The summed E-state index contributed by atoms with van der Waals surface area (Å²) in [4.78, 5) is 14.9. The Hall–Kier alpha value is -3.34. The van der Waals surface area contributed by atoms with E-state index in [1.165, 1.54) is 13.3 Å². The van der Waals surface area contributed by atoms with E-state index in [0.29, 0.717) is 16.4 Å². The zero-order valence-electron chi connectivity index (χ0n) is 15.1. The maximum Gasteiger partial charge on any atom is 0.266 e. The highest BCUT2D eigenvalue weighted by molar-refractivity contribution is 7.93. The Morgan fingerprint density at radius 3 is 2.83 bits per heavy atom. The highest BCUT2D eigenvalue weighted by atomic mass is 32.2. The number of hydrogen-bond acceptors (Lipinski definition) is 6. The zero-order valence-corrected chi connectivity index (χ0v) is 15.9. The van der Waals surface area contributed by atoms with Crippen LogP contribution in [-0.2, 0) is 16.4 Å². The number of rotatable bonds is 6. The van der Waals surface area contributed by atoms with Gasteiger partial charge in [-0.15, -0.1) is 0 Å². The van der Waals surface area contributed by atoms with Gasteiger partial charge in [-0.1, -0.05) is 18.2 Å². The topological polar surface area (TPSA) is 110 Å². The van der Waals surface area contributed by atoms with Gasteiger partial charge in [0.05, 0.1) is 18.1 Å². The summed E-state index contributed by atoms with van der Waals surface area (Å²) in [5.74, 6) is -0.403. The number of nitrogens with zero attached hydrogens (tertiary/aromatic N) is 3. The van der Waals surface area contributed by atoms with Crippen LogP contribution >= 0.6 is 0 Å². The van der Waals surface area contributed by atoms with E-state index in [1.54, 1.807) is 24.4 Å². The Labute approximate surface area is 164 Å². The largest absolute Gasteiger partial charge is 0.481 e. The summed E-state index contributed by atoms with van der Waals surface area (Å²) >= 11 is 0. The molecule has 1 aromatic carbocycles. The average Bonchev–Trinajstić information content (AvgIpc) is 3.14. The van der Waals surface area contributed by atoms with Gasteiger partial charge in [0.25, 0.3) is 10.0 Å². The van der Waals surface area contributed by atoms with E-state index >= 15 is 0 Å². The second kappa shape index (κ2) is 7.24. The number of sulfonamides is 1. The average molecular weight is 419 g/mol. The molecule has 0 unspecified atom stereocenters. The summed E-state index contributed by atoms with van der Waals surface area (Å²) in [5, 5.41) is 1.31. The number of hydrogen-bond donors (Lipinski definition) is 2. The number of aromatic amines is 1. The normalized spacial score (nSPS) is 12.0. The predicted molar refractivity (Wildman–Crippen MR) is 103 cm³/mol. The summed E-state index contributed by atoms with van der Waals surface area (Å²) < 4.78 is 58.2. The van der Waals surface area contributed by atoms with E-state index in [0.717, 1.165) is 11.6 Å². The zero-order chi connectivity index (χ0) is 20.6. The smallest absolute Gasteiger partial charge is 0.266 e. The molecule has 8 nitrogen and oxygen atoms in total. The van der Waals surface area contributed by atoms with Gasteiger partial charge in [-0.25, -0.2) is 26.9 Å². The van der Waals surface area contributed by atoms with E-state index in [4.69, 9.17) is 4.74 Å². The van der Waals surface area contributed by atoms with Gasteiger partial charge < -0.3 is 9.72 Å². The third-order valence-corrected chi connectivity index (χ3v) is 5.66. The summed E-state index contributed by atoms with van der Waals surface area (Å²) in [6, 6.07) is 7.11. The van der Waals surface area contributed by atoms with E-state index in [1.807, 2.05) is 6.07 Å². The van der Waals surface area contributed by atoms with Crippen LogP contribution in [0.4, 0.5) is 14.7 Å². The van der Waals surface area contributed by atoms with Crippen molar-refractivity contribution in [2.24, 2.45) is 0 Å². The third kappa shape index (κ3) is 3.56. The molecule has 0 aliphatic carbocycles. The van der Waals surface area contributed by atoms with E-state index < -0.39 is 22.9 Å². The minimum absolute atomic E-state index is 0.0146. The molecule has 0 aliphatic rings. The van der Waals surface area contributed by atoms with E-state index in [2.05, 4.69) is 24.7 Å². The van der Waals surface area contributed by atoms with Crippen LogP contribution in [0.5, 0.6) is 5.88 Å². The first-order chi connectivity index (χ1) is 13.9. The summed E-state index contributed by atoms with van der Waals surface area (Å²) in [6.07, 6.45) is 0.880. The molecule has 4 aromatic rings. The van der Waals surface area contributed by atoms with Gasteiger partial charge >= 0.3 is 0 Å². The lowest BCUT2D eigenvalue weighted by Gasteiger charge is -2.10. The lowest BCUT2D eigenvalue weighted by Crippen LogP contribution is -2.15. The maximum absolute atomic E-state index is 12.9. The van der Waals surface area contributed by atoms with Crippen LogP contribution < -0.4 is 9.46 Å². The van der Waals surface area contributed by atoms with Crippen molar-refractivity contribution in [1.82, 2.24) is 19.9 Å². The van der Waals surface area contributed by atoms with Crippen molar-refractivity contribution in [2.45, 2.75) is 17.7 Å². The van der Waals surface area contributed by atoms with Crippen LogP contribution in [0.3, 0.4) is 0 Å². The van der Waals surface area contributed by atoms with Crippen LogP contribution in [0.25, 0.3) is 21.8 Å². The van der Waals surface area contributed by atoms with Crippen LogP contribution in [-0.4, -0.2) is 41.9 Å². The Bertz CT molecular complexity index is 1310. The van der Waals surface area contributed by atoms with Crippen LogP contribution in [0.1, 0.15) is 5.56 Å². The molecule has 0 radical (unpaired) electrons. The Balaban J connectivity index is 1.72. The minimum atomic E-state index is -4.06. The van der Waals surface area contributed by atoms with Gasteiger partial charge in [0.2, 0.25) is 18.3 Å². The second-order valence-corrected chi connectivity index (χ2v) is 7.80. The van der Waals surface area contributed by atoms with E-state index in [-0.39, 0.29) is 22.3 Å². The molecule has 3 aromatic heterocycles. The van der Waals surface area contributed by atoms with Crippen molar-refractivity contribution in [1.29, 1.82) is 0 Å². The predicted octanol–water partition coefficient (Wildman–Crippen LogP) is 3.12. The highest BCUT2D eigenvalue weighted by Gasteiger charge is 2.22. The van der Waals surface area contributed by atoms with Crippen LogP contribution in [0.2, 0.25) is 0 Å². The summed E-state index contributed by atoms with van der Waals surface area (Å²) in [7, 11) is -2.81. The molecule has 0 amide bonds. The fraction of sp³-hybridized carbons (Fsp3) is 0.167. The Kier molecular flexibility index (Phi) is 4.74. The third-order valence-electron chi connectivity index (χ3n) is 4.30. The first-order valence-corrected chi connectivity index (χ1v) is 9.93. The number of halogens is 2. The molecular formula is C18H15F2N5O3S. The molecule has 0 bridgehead atoms. The number of aromatic nitrogens is 4. The van der Waals surface area contributed by atoms with Gasteiger partial charge in [-0.05, 0) is 6.07 Å². The molecule has 0 saturated heterocycles. The van der Waals surface area contributed by atoms with Crippen molar-refractivity contribution in [3.63, 3.8) is 0 Å². The van der Waals surface area contributed by atoms with Crippen molar-refractivity contribution in [3.05, 3.63) is 48.4 Å². The lowest BCUT2D eigenvalue weighted by atomic mass is 10.1. The Morgan fingerprint density at radius 2 is 2.07 bits per heavy atom. The van der Waals surface area contributed by atoms with Gasteiger partial charge in [0.15, 0.2) is 0 Å². The van der Waals surface area contributed by atoms with Crippen molar-refractivity contribution < 1.29 is 21.9 Å². The number of nitrogens with one attached hydrogen (secondary N) is 2. The molecule has 2 N–H and O–H groups in total. The number of pyridine rings is 1. The van der Waals surface area contributed by atoms with E-state index in [9.17, 15) is 17.2 Å². The fourth-order valence-corrected chi connectivity index (χ4v) is 4.16. The van der Waals surface area contributed by atoms with Crippen molar-refractivity contribution >= 4 is 37.8 Å². The van der Waals surface area contributed by atoms with Gasteiger partial charge in [-0.2, -0.15) is 4.98 Å². The molecule has 0 atom stereocenters. The van der Waals surface area contributed by atoms with Crippen LogP contribution in [0, 0.1) is 0 Å². The molecule has 0 spiro atoms. The molecule has 0 fully saturated rings. The maximum atomic E-state index is 12.9. The second-order valence-electron chi connectivity index (χ2n) is 6.15. The first kappa shape index (κ1) is 19.0. The monoisotopic (exact) mass is 419 g/mol. The number of alkyl halides is 2. The van der Waals surface area contributed by atoms with Gasteiger partial charge in [0.1, 0.15) is 4.90 Å². The fourth-order valence-electron chi connectivity index (χ4n) is 3.03. The van der Waals surface area contributed by atoms with Crippen molar-refractivity contribution in [2.75, 3.05) is 11.8 Å². The first-order valence-electron chi connectivity index (χ1n) is 8.45. The summed E-state index contributed by atoms with van der Waals surface area (Å²) in [5.41, 5.74) is 1.30. The number of methoxy groups -OCH3 is 1. The molecule has 150 valence electrons. The minimum Gasteiger partial charge on any atom is -0.481 e. The number of H-pyrrole nitrogens is 1.